The minimum Gasteiger partial charge on any atom is -0.361 e. The highest BCUT2D eigenvalue weighted by atomic mass is 16.2. The lowest BCUT2D eigenvalue weighted by molar-refractivity contribution is -0.110. The second kappa shape index (κ2) is 5.99. The maximum atomic E-state index is 12.6. The number of hydrogen-bond acceptors (Lipinski definition) is 2. The van der Waals surface area contributed by atoms with Gasteiger partial charge in [-0.25, -0.2) is 0 Å². The van der Waals surface area contributed by atoms with Gasteiger partial charge in [-0.2, -0.15) is 0 Å². The minimum atomic E-state index is -0.126. The number of aromatic amines is 1. The molecule has 0 spiro atoms. The molecule has 0 bridgehead atoms. The average molecular weight is 355 g/mol. The highest BCUT2D eigenvalue weighted by Gasteiger charge is 2.26. The Kier molecular flexibility index (Phi) is 3.47. The van der Waals surface area contributed by atoms with E-state index in [0.29, 0.717) is 17.7 Å². The fraction of sp³-hybridized carbons (Fsp3) is 0.0909. The maximum absolute atomic E-state index is 12.6. The smallest absolute Gasteiger partial charge is 0.256 e. The fourth-order valence-corrected chi connectivity index (χ4v) is 3.75. The van der Waals surface area contributed by atoms with E-state index in [1.54, 1.807) is 6.20 Å². The van der Waals surface area contributed by atoms with Gasteiger partial charge in [0.1, 0.15) is 0 Å². The van der Waals surface area contributed by atoms with Crippen molar-refractivity contribution in [3.8, 4) is 11.1 Å². The summed E-state index contributed by atoms with van der Waals surface area (Å²) in [4.78, 5) is 27.7. The number of carbonyl (C=O) groups is 2. The van der Waals surface area contributed by atoms with Crippen molar-refractivity contribution in [3.63, 3.8) is 0 Å². The van der Waals surface area contributed by atoms with Crippen LogP contribution in [0.3, 0.4) is 0 Å². The Labute approximate surface area is 156 Å². The number of H-pyrrole nitrogens is 1. The molecule has 27 heavy (non-hydrogen) atoms. The van der Waals surface area contributed by atoms with Gasteiger partial charge in [-0.05, 0) is 41.3 Å². The Morgan fingerprint density at radius 3 is 2.59 bits per heavy atom. The highest BCUT2D eigenvalue weighted by Crippen LogP contribution is 2.36. The predicted octanol–water partition coefficient (Wildman–Crippen LogP) is 3.46. The van der Waals surface area contributed by atoms with Gasteiger partial charge in [0.05, 0.1) is 11.1 Å². The summed E-state index contributed by atoms with van der Waals surface area (Å²) in [5.74, 6) is -0.196. The molecule has 0 saturated heterocycles. The number of anilines is 1. The van der Waals surface area contributed by atoms with Gasteiger partial charge in [0, 0.05) is 29.7 Å². The van der Waals surface area contributed by atoms with E-state index in [1.807, 2.05) is 42.5 Å². The van der Waals surface area contributed by atoms with Crippen LogP contribution in [-0.4, -0.2) is 23.3 Å². The number of hydrogen-bond donors (Lipinski definition) is 3. The normalized spacial score (nSPS) is 16.7. The van der Waals surface area contributed by atoms with Crippen molar-refractivity contribution in [2.24, 2.45) is 0 Å². The summed E-state index contributed by atoms with van der Waals surface area (Å²) >= 11 is 0. The largest absolute Gasteiger partial charge is 0.361 e. The molecule has 0 saturated carbocycles. The first kappa shape index (κ1) is 15.6. The number of carbonyl (C=O) groups excluding carboxylic acids is 2. The molecule has 3 heterocycles. The first-order valence-electron chi connectivity index (χ1n) is 8.92. The van der Waals surface area contributed by atoms with Gasteiger partial charge in [0.2, 0.25) is 0 Å². The number of benzene rings is 2. The van der Waals surface area contributed by atoms with E-state index < -0.39 is 0 Å². The molecule has 0 unspecified atom stereocenters. The molecule has 0 aliphatic carbocycles. The number of rotatable bonds is 2. The van der Waals surface area contributed by atoms with Crippen molar-refractivity contribution < 1.29 is 9.59 Å². The van der Waals surface area contributed by atoms with Crippen LogP contribution in [0.5, 0.6) is 0 Å². The number of aromatic nitrogens is 1. The molecule has 0 radical (unpaired) electrons. The number of nitrogens with one attached hydrogen (secondary N) is 3. The molecule has 2 aliphatic heterocycles. The molecule has 3 N–H and O–H groups in total. The Hall–Kier alpha value is -3.60. The van der Waals surface area contributed by atoms with E-state index in [-0.39, 0.29) is 11.8 Å². The van der Waals surface area contributed by atoms with Crippen LogP contribution in [0.25, 0.3) is 22.8 Å². The quantitative estimate of drug-likeness (QED) is 0.616. The zero-order valence-corrected chi connectivity index (χ0v) is 14.5. The summed E-state index contributed by atoms with van der Waals surface area (Å²) in [6.45, 7) is 0.612. The zero-order valence-electron chi connectivity index (χ0n) is 14.5. The lowest BCUT2D eigenvalue weighted by atomic mass is 9.97. The van der Waals surface area contributed by atoms with Gasteiger partial charge in [0.25, 0.3) is 11.8 Å². The van der Waals surface area contributed by atoms with Gasteiger partial charge in [0.15, 0.2) is 0 Å². The molecule has 5 heteroatoms. The highest BCUT2D eigenvalue weighted by molar-refractivity contribution is 6.35. The fourth-order valence-electron chi connectivity index (χ4n) is 3.75. The summed E-state index contributed by atoms with van der Waals surface area (Å²) in [7, 11) is 0. The molecular weight excluding hydrogens is 338 g/mol. The lowest BCUT2D eigenvalue weighted by Gasteiger charge is -2.13. The van der Waals surface area contributed by atoms with Crippen LogP contribution in [0.4, 0.5) is 5.69 Å². The Morgan fingerprint density at radius 1 is 0.889 bits per heavy atom. The molecule has 132 valence electrons. The van der Waals surface area contributed by atoms with Crippen molar-refractivity contribution in [2.45, 2.75) is 6.42 Å². The Morgan fingerprint density at radius 2 is 1.74 bits per heavy atom. The molecule has 5 nitrogen and oxygen atoms in total. The molecular formula is C22H17N3O2. The average Bonchev–Trinajstić information content (AvgIpc) is 3.25. The maximum Gasteiger partial charge on any atom is 0.256 e. The summed E-state index contributed by atoms with van der Waals surface area (Å²) in [5.41, 5.74) is 6.91. The number of amides is 2. The van der Waals surface area contributed by atoms with Crippen LogP contribution in [0.15, 0.2) is 54.7 Å². The first-order chi connectivity index (χ1) is 13.2. The van der Waals surface area contributed by atoms with Crippen LogP contribution in [0.1, 0.15) is 27.2 Å². The van der Waals surface area contributed by atoms with Gasteiger partial charge in [-0.15, -0.1) is 0 Å². The molecule has 3 aromatic rings. The Balaban J connectivity index is 1.60. The molecule has 5 rings (SSSR count). The standard InChI is InChI=1S/C22H17N3O2/c26-21-18-12-24-20(15(18)8-9-23-21)11-17-16-10-14(13-4-2-1-3-5-13)6-7-19(16)25-22(17)27/h1-7,10-12,24H,8-9H2,(H,23,26)(H,25,27)/b17-11-. The van der Waals surface area contributed by atoms with Crippen molar-refractivity contribution in [1.82, 2.24) is 10.3 Å². The zero-order chi connectivity index (χ0) is 18.4. The van der Waals surface area contributed by atoms with Crippen LogP contribution in [0, 0.1) is 0 Å². The molecule has 0 atom stereocenters. The van der Waals surface area contributed by atoms with Gasteiger partial charge in [-0.1, -0.05) is 36.4 Å². The molecule has 1 aromatic heterocycles. The van der Waals surface area contributed by atoms with E-state index in [1.165, 1.54) is 0 Å². The van der Waals surface area contributed by atoms with Crippen LogP contribution < -0.4 is 10.6 Å². The van der Waals surface area contributed by atoms with Crippen molar-refractivity contribution in [1.29, 1.82) is 0 Å². The van der Waals surface area contributed by atoms with Crippen molar-refractivity contribution in [2.75, 3.05) is 11.9 Å². The minimum absolute atomic E-state index is 0.0696. The third-order valence-corrected chi connectivity index (χ3v) is 5.13. The van der Waals surface area contributed by atoms with Crippen LogP contribution in [-0.2, 0) is 11.2 Å². The lowest BCUT2D eigenvalue weighted by Crippen LogP contribution is -2.31. The monoisotopic (exact) mass is 355 g/mol. The summed E-state index contributed by atoms with van der Waals surface area (Å²) in [6.07, 6.45) is 4.32. The molecule has 0 fully saturated rings. The van der Waals surface area contributed by atoms with E-state index in [4.69, 9.17) is 0 Å². The summed E-state index contributed by atoms with van der Waals surface area (Å²) in [6, 6.07) is 16.1. The van der Waals surface area contributed by atoms with E-state index in [0.717, 1.165) is 40.1 Å². The van der Waals surface area contributed by atoms with Gasteiger partial charge in [-0.3, -0.25) is 9.59 Å². The second-order valence-electron chi connectivity index (χ2n) is 6.74. The van der Waals surface area contributed by atoms with Crippen molar-refractivity contribution >= 4 is 29.2 Å². The van der Waals surface area contributed by atoms with Gasteiger partial charge >= 0.3 is 0 Å². The topological polar surface area (TPSA) is 74.0 Å². The van der Waals surface area contributed by atoms with E-state index in [9.17, 15) is 9.59 Å². The molecule has 2 aromatic carbocycles. The third-order valence-electron chi connectivity index (χ3n) is 5.13. The third kappa shape index (κ3) is 2.56. The van der Waals surface area contributed by atoms with Crippen LogP contribution >= 0.6 is 0 Å². The van der Waals surface area contributed by atoms with E-state index >= 15 is 0 Å². The first-order valence-corrected chi connectivity index (χ1v) is 8.92. The van der Waals surface area contributed by atoms with Crippen molar-refractivity contribution in [3.05, 3.63) is 77.1 Å². The summed E-state index contributed by atoms with van der Waals surface area (Å²) in [5, 5.41) is 5.76. The SMILES string of the molecule is O=C1Nc2ccc(-c3ccccc3)cc2/C1=C/c1[nH]cc2c1CCNC2=O. The Bertz CT molecular complexity index is 1110. The molecule has 2 aliphatic rings. The van der Waals surface area contributed by atoms with Crippen LogP contribution in [0.2, 0.25) is 0 Å². The number of fused-ring (bicyclic) bond motifs is 2. The second-order valence-corrected chi connectivity index (χ2v) is 6.74. The van der Waals surface area contributed by atoms with E-state index in [2.05, 4.69) is 27.8 Å². The summed E-state index contributed by atoms with van der Waals surface area (Å²) < 4.78 is 0. The van der Waals surface area contributed by atoms with Gasteiger partial charge < -0.3 is 15.6 Å². The molecule has 2 amide bonds. The predicted molar refractivity (Wildman–Crippen MR) is 105 cm³/mol.